The third-order valence-electron chi connectivity index (χ3n) is 3.13. The fraction of sp³-hybridized carbons (Fsp3) is 0.500. The lowest BCUT2D eigenvalue weighted by atomic mass is 10.2. The first kappa shape index (κ1) is 15.2. The molecule has 1 nitrogen and oxygen atoms in total. The fourth-order valence-corrected chi connectivity index (χ4v) is 3.66. The quantitative estimate of drug-likeness (QED) is 0.592. The summed E-state index contributed by atoms with van der Waals surface area (Å²) in [4.78, 5) is 0. The van der Waals surface area contributed by atoms with Crippen molar-refractivity contribution in [2.24, 2.45) is 0 Å². The van der Waals surface area contributed by atoms with Crippen molar-refractivity contribution in [1.82, 2.24) is 0 Å². The van der Waals surface area contributed by atoms with Crippen molar-refractivity contribution >= 4 is 40.2 Å². The topological polar surface area (TPSA) is 9.23 Å². The molecule has 96 valence electrons. The molecule has 0 aliphatic rings. The van der Waals surface area contributed by atoms with E-state index in [1.807, 2.05) is 0 Å². The lowest BCUT2D eigenvalue weighted by molar-refractivity contribution is 0.485. The summed E-state index contributed by atoms with van der Waals surface area (Å²) < 4.78 is 20.6. The van der Waals surface area contributed by atoms with E-state index in [-0.39, 0.29) is 10.9 Å². The highest BCUT2D eigenvalue weighted by Gasteiger charge is 2.39. The Hall–Kier alpha value is 0.127. The maximum absolute atomic E-state index is 13.2. The molecule has 0 spiro atoms. The Morgan fingerprint density at radius 1 is 1.12 bits per heavy atom. The normalized spacial score (nSPS) is 12.7. The zero-order valence-corrected chi connectivity index (χ0v) is 14.9. The minimum atomic E-state index is -1.91. The SMILES string of the molecule is CC(C)(C)[Si](C)(C)Oc1c(Br)cc(F)cc1Br. The molecule has 1 aromatic rings. The Labute approximate surface area is 120 Å². The van der Waals surface area contributed by atoms with Crippen molar-refractivity contribution in [3.05, 3.63) is 26.9 Å². The van der Waals surface area contributed by atoms with Gasteiger partial charge in [-0.25, -0.2) is 4.39 Å². The molecule has 0 atom stereocenters. The van der Waals surface area contributed by atoms with Gasteiger partial charge in [-0.2, -0.15) is 0 Å². The minimum Gasteiger partial charge on any atom is -0.542 e. The van der Waals surface area contributed by atoms with Gasteiger partial charge in [0.25, 0.3) is 8.32 Å². The second kappa shape index (κ2) is 5.01. The van der Waals surface area contributed by atoms with Crippen molar-refractivity contribution in [3.63, 3.8) is 0 Å². The van der Waals surface area contributed by atoms with Crippen LogP contribution in [0.1, 0.15) is 20.8 Å². The first-order valence-corrected chi connectivity index (χ1v) is 9.87. The van der Waals surface area contributed by atoms with Gasteiger partial charge in [0.1, 0.15) is 11.6 Å². The van der Waals surface area contributed by atoms with Gasteiger partial charge in [0, 0.05) is 0 Å². The highest BCUT2D eigenvalue weighted by Crippen LogP contribution is 2.42. The predicted octanol–water partition coefficient (Wildman–Crippen LogP) is 5.73. The maximum atomic E-state index is 13.2. The summed E-state index contributed by atoms with van der Waals surface area (Å²) in [6, 6.07) is 2.85. The van der Waals surface area contributed by atoms with Crippen LogP contribution in [0.5, 0.6) is 5.75 Å². The van der Waals surface area contributed by atoms with Crippen LogP contribution in [0.15, 0.2) is 21.1 Å². The van der Waals surface area contributed by atoms with Crippen molar-refractivity contribution in [3.8, 4) is 5.75 Å². The van der Waals surface area contributed by atoms with Gasteiger partial charge in [-0.1, -0.05) is 20.8 Å². The van der Waals surface area contributed by atoms with Gasteiger partial charge in [-0.3, -0.25) is 0 Å². The van der Waals surface area contributed by atoms with Gasteiger partial charge in [0.2, 0.25) is 0 Å². The van der Waals surface area contributed by atoms with E-state index in [4.69, 9.17) is 4.43 Å². The largest absolute Gasteiger partial charge is 0.542 e. The molecule has 0 amide bonds. The van der Waals surface area contributed by atoms with Gasteiger partial charge in [0.15, 0.2) is 0 Å². The predicted molar refractivity (Wildman–Crippen MR) is 79.6 cm³/mol. The van der Waals surface area contributed by atoms with Gasteiger partial charge in [0.05, 0.1) is 8.95 Å². The molecule has 0 saturated carbocycles. The summed E-state index contributed by atoms with van der Waals surface area (Å²) in [6.07, 6.45) is 0. The summed E-state index contributed by atoms with van der Waals surface area (Å²) in [5.41, 5.74) is 0. The molecule has 1 aromatic carbocycles. The third-order valence-corrected chi connectivity index (χ3v) is 8.63. The first-order chi connectivity index (χ1) is 7.54. The summed E-state index contributed by atoms with van der Waals surface area (Å²) in [5.74, 6) is 0.407. The number of rotatable bonds is 2. The highest BCUT2D eigenvalue weighted by molar-refractivity contribution is 9.11. The lowest BCUT2D eigenvalue weighted by Crippen LogP contribution is -2.44. The molecule has 0 heterocycles. The molecule has 1 rings (SSSR count). The fourth-order valence-electron chi connectivity index (χ4n) is 1.03. The van der Waals surface area contributed by atoms with Crippen LogP contribution in [0.3, 0.4) is 0 Å². The number of halogens is 3. The molecule has 0 bridgehead atoms. The van der Waals surface area contributed by atoms with E-state index in [0.717, 1.165) is 0 Å². The van der Waals surface area contributed by atoms with E-state index >= 15 is 0 Å². The zero-order valence-electron chi connectivity index (χ0n) is 10.7. The Morgan fingerprint density at radius 2 is 1.53 bits per heavy atom. The Balaban J connectivity index is 3.13. The zero-order chi connectivity index (χ0) is 13.4. The monoisotopic (exact) mass is 382 g/mol. The van der Waals surface area contributed by atoms with Crippen LogP contribution >= 0.6 is 31.9 Å². The average Bonchev–Trinajstić information content (AvgIpc) is 2.09. The van der Waals surface area contributed by atoms with Crippen LogP contribution in [0.2, 0.25) is 18.1 Å². The van der Waals surface area contributed by atoms with Crippen molar-refractivity contribution in [1.29, 1.82) is 0 Å². The van der Waals surface area contributed by atoms with Crippen LogP contribution in [0.4, 0.5) is 4.39 Å². The summed E-state index contributed by atoms with van der Waals surface area (Å²) >= 11 is 6.69. The highest BCUT2D eigenvalue weighted by atomic mass is 79.9. The van der Waals surface area contributed by atoms with Crippen molar-refractivity contribution in [2.75, 3.05) is 0 Å². The van der Waals surface area contributed by atoms with Crippen LogP contribution in [-0.2, 0) is 0 Å². The minimum absolute atomic E-state index is 0.111. The first-order valence-electron chi connectivity index (χ1n) is 5.38. The van der Waals surface area contributed by atoms with E-state index in [9.17, 15) is 4.39 Å². The second-order valence-electron chi connectivity index (χ2n) is 5.56. The number of hydrogen-bond donors (Lipinski definition) is 0. The van der Waals surface area contributed by atoms with Crippen LogP contribution < -0.4 is 4.43 Å². The molecule has 0 aromatic heterocycles. The van der Waals surface area contributed by atoms with E-state index in [0.29, 0.717) is 14.7 Å². The van der Waals surface area contributed by atoms with Crippen LogP contribution in [0, 0.1) is 5.82 Å². The molecular formula is C12H17Br2FOSi. The molecule has 0 aliphatic heterocycles. The van der Waals surface area contributed by atoms with E-state index < -0.39 is 8.32 Å². The van der Waals surface area contributed by atoms with Gasteiger partial charge in [-0.05, 0) is 62.1 Å². The van der Waals surface area contributed by atoms with Crippen LogP contribution in [-0.4, -0.2) is 8.32 Å². The van der Waals surface area contributed by atoms with Gasteiger partial charge in [-0.15, -0.1) is 0 Å². The molecule has 0 fully saturated rings. The average molecular weight is 384 g/mol. The third kappa shape index (κ3) is 3.55. The van der Waals surface area contributed by atoms with Crippen molar-refractivity contribution < 1.29 is 8.82 Å². The van der Waals surface area contributed by atoms with Crippen molar-refractivity contribution in [2.45, 2.75) is 38.9 Å². The van der Waals surface area contributed by atoms with Crippen LogP contribution in [0.25, 0.3) is 0 Å². The number of hydrogen-bond acceptors (Lipinski definition) is 1. The smallest absolute Gasteiger partial charge is 0.250 e. The molecule has 0 unspecified atom stereocenters. The summed E-state index contributed by atoms with van der Waals surface area (Å²) in [5, 5.41) is 0.111. The van der Waals surface area contributed by atoms with Gasteiger partial charge < -0.3 is 4.43 Å². The summed E-state index contributed by atoms with van der Waals surface area (Å²) in [7, 11) is -1.91. The standard InChI is InChI=1S/C12H17Br2FOSi/c1-12(2,3)17(4,5)16-11-9(13)6-8(15)7-10(11)14/h6-7H,1-5H3. The Morgan fingerprint density at radius 3 is 1.88 bits per heavy atom. The number of benzene rings is 1. The molecule has 5 heteroatoms. The Bertz CT molecular complexity index is 404. The molecular weight excluding hydrogens is 367 g/mol. The summed E-state index contributed by atoms with van der Waals surface area (Å²) in [6.45, 7) is 10.8. The molecule has 0 aliphatic carbocycles. The van der Waals surface area contributed by atoms with E-state index in [1.165, 1.54) is 12.1 Å². The van der Waals surface area contributed by atoms with E-state index in [2.05, 4.69) is 65.7 Å². The second-order valence-corrected chi connectivity index (χ2v) is 12.0. The lowest BCUT2D eigenvalue weighted by Gasteiger charge is -2.37. The maximum Gasteiger partial charge on any atom is 0.250 e. The Kier molecular flexibility index (Phi) is 4.48. The molecule has 17 heavy (non-hydrogen) atoms. The van der Waals surface area contributed by atoms with Gasteiger partial charge >= 0.3 is 0 Å². The molecule has 0 radical (unpaired) electrons. The molecule has 0 N–H and O–H groups in total. The molecule has 0 saturated heterocycles. The van der Waals surface area contributed by atoms with E-state index in [1.54, 1.807) is 0 Å².